The molecule has 7 heteroatoms. The summed E-state index contributed by atoms with van der Waals surface area (Å²) in [5, 5.41) is 13.6. The molecule has 0 bridgehead atoms. The van der Waals surface area contributed by atoms with Gasteiger partial charge in [0.1, 0.15) is 25.1 Å². The van der Waals surface area contributed by atoms with Crippen molar-refractivity contribution in [1.29, 1.82) is 5.26 Å². The van der Waals surface area contributed by atoms with Gasteiger partial charge in [0.2, 0.25) is 0 Å². The first-order valence-corrected chi connectivity index (χ1v) is 10.9. The number of ether oxygens (including phenoxy) is 2. The third-order valence-electron chi connectivity index (χ3n) is 5.62. The van der Waals surface area contributed by atoms with E-state index in [1.165, 1.54) is 0 Å². The van der Waals surface area contributed by atoms with Crippen molar-refractivity contribution < 1.29 is 18.7 Å². The summed E-state index contributed by atoms with van der Waals surface area (Å²) in [5.74, 6) is 0.590. The van der Waals surface area contributed by atoms with Crippen LogP contribution in [0.5, 0.6) is 5.75 Å². The molecule has 0 saturated heterocycles. The van der Waals surface area contributed by atoms with Crippen molar-refractivity contribution in [2.75, 3.05) is 18.6 Å². The number of fused-ring (bicyclic) bond motifs is 1. The number of nitrogens with one attached hydrogen (secondary N) is 1. The molecule has 1 aromatic heterocycles. The van der Waals surface area contributed by atoms with E-state index in [2.05, 4.69) is 16.0 Å². The molecule has 32 heavy (non-hydrogen) atoms. The van der Waals surface area contributed by atoms with Crippen LogP contribution in [-0.4, -0.2) is 30.0 Å². The number of aromatic nitrogens is 1. The van der Waals surface area contributed by atoms with Crippen LogP contribution < -0.4 is 10.1 Å². The highest BCUT2D eigenvalue weighted by Gasteiger charge is 2.28. The molecular formula is C25H26FN3O3. The Kier molecular flexibility index (Phi) is 6.31. The molecule has 0 atom stereocenters. The van der Waals surface area contributed by atoms with Gasteiger partial charge in [0.25, 0.3) is 0 Å². The first-order chi connectivity index (χ1) is 15.5. The second kappa shape index (κ2) is 9.31. The molecule has 1 saturated carbocycles. The first kappa shape index (κ1) is 21.7. The molecule has 0 unspecified atom stereocenters. The summed E-state index contributed by atoms with van der Waals surface area (Å²) in [6.07, 6.45) is 2.51. The fourth-order valence-corrected chi connectivity index (χ4v) is 4.03. The largest absolute Gasteiger partial charge is 0.491 e. The third-order valence-corrected chi connectivity index (χ3v) is 5.62. The van der Waals surface area contributed by atoms with Crippen molar-refractivity contribution >= 4 is 22.7 Å². The van der Waals surface area contributed by atoms with E-state index in [0.717, 1.165) is 41.4 Å². The average Bonchev–Trinajstić information content (AvgIpc) is 3.04. The zero-order chi connectivity index (χ0) is 22.7. The molecule has 0 radical (unpaired) electrons. The number of halogens is 1. The Morgan fingerprint density at radius 1 is 1.25 bits per heavy atom. The fraction of sp³-hybridized carbons (Fsp3) is 0.360. The van der Waals surface area contributed by atoms with Crippen LogP contribution >= 0.6 is 0 Å². The number of carbonyl (C=O) groups is 1. The molecule has 166 valence electrons. The second-order valence-electron chi connectivity index (χ2n) is 8.16. The Bertz CT molecular complexity index is 1160. The highest BCUT2D eigenvalue weighted by atomic mass is 19.1. The van der Waals surface area contributed by atoms with E-state index in [4.69, 9.17) is 9.47 Å². The van der Waals surface area contributed by atoms with Crippen LogP contribution in [0.1, 0.15) is 44.7 Å². The zero-order valence-corrected chi connectivity index (χ0v) is 18.2. The number of nitriles is 1. The highest BCUT2D eigenvalue weighted by molar-refractivity contribution is 5.96. The van der Waals surface area contributed by atoms with Gasteiger partial charge in [0.15, 0.2) is 0 Å². The van der Waals surface area contributed by atoms with Gasteiger partial charge >= 0.3 is 6.09 Å². The Morgan fingerprint density at radius 3 is 2.59 bits per heavy atom. The van der Waals surface area contributed by atoms with Gasteiger partial charge in [-0.15, -0.1) is 0 Å². The van der Waals surface area contributed by atoms with Gasteiger partial charge < -0.3 is 14.0 Å². The molecule has 1 N–H and O–H groups in total. The van der Waals surface area contributed by atoms with E-state index in [1.807, 2.05) is 24.3 Å². The second-order valence-corrected chi connectivity index (χ2v) is 8.16. The summed E-state index contributed by atoms with van der Waals surface area (Å²) in [4.78, 5) is 11.9. The summed E-state index contributed by atoms with van der Waals surface area (Å²) >= 11 is 0. The lowest BCUT2D eigenvalue weighted by Crippen LogP contribution is -2.18. The maximum atomic E-state index is 12.6. The molecule has 2 aromatic carbocycles. The molecule has 0 spiro atoms. The van der Waals surface area contributed by atoms with Gasteiger partial charge in [-0.1, -0.05) is 12.1 Å². The van der Waals surface area contributed by atoms with Gasteiger partial charge in [-0.3, -0.25) is 5.32 Å². The van der Waals surface area contributed by atoms with Crippen LogP contribution in [0.3, 0.4) is 0 Å². The molecule has 1 aliphatic rings. The number of benzene rings is 2. The van der Waals surface area contributed by atoms with E-state index >= 15 is 0 Å². The molecule has 3 aromatic rings. The molecule has 1 aliphatic carbocycles. The topological polar surface area (TPSA) is 76.3 Å². The van der Waals surface area contributed by atoms with Crippen LogP contribution in [0.2, 0.25) is 0 Å². The van der Waals surface area contributed by atoms with Crippen molar-refractivity contribution in [1.82, 2.24) is 4.57 Å². The van der Waals surface area contributed by atoms with Crippen LogP contribution in [0.15, 0.2) is 42.5 Å². The van der Waals surface area contributed by atoms with Gasteiger partial charge in [-0.05, 0) is 62.9 Å². The lowest BCUT2D eigenvalue weighted by Gasteiger charge is -2.30. The number of rotatable bonds is 7. The highest BCUT2D eigenvalue weighted by Crippen LogP contribution is 2.43. The van der Waals surface area contributed by atoms with Crippen molar-refractivity contribution in [3.8, 4) is 23.1 Å². The Labute approximate surface area is 186 Å². The summed E-state index contributed by atoms with van der Waals surface area (Å²) in [7, 11) is 0. The van der Waals surface area contributed by atoms with E-state index in [0.29, 0.717) is 23.0 Å². The summed E-state index contributed by atoms with van der Waals surface area (Å²) < 4.78 is 25.4. The third kappa shape index (κ3) is 4.26. The first-order valence-electron chi connectivity index (χ1n) is 10.9. The lowest BCUT2D eigenvalue weighted by atomic mass is 9.92. The van der Waals surface area contributed by atoms with E-state index < -0.39 is 12.8 Å². The maximum Gasteiger partial charge on any atom is 0.411 e. The standard InChI is InChI=1S/C25H26FN3O3/c1-16(2)32-25(30)28-18-8-6-17(7-9-18)24-22(15-27)21-11-10-20(31-13-12-26)14-23(21)29(24)19-4-3-5-19/h6-11,14,16,19H,3-5,12-13H2,1-2H3,(H,28,30). The van der Waals surface area contributed by atoms with Gasteiger partial charge in [-0.25, -0.2) is 9.18 Å². The Balaban J connectivity index is 1.76. The number of hydrogen-bond donors (Lipinski definition) is 1. The van der Waals surface area contributed by atoms with Gasteiger partial charge in [0.05, 0.1) is 22.9 Å². The quantitative estimate of drug-likeness (QED) is 0.479. The number of amides is 1. The van der Waals surface area contributed by atoms with E-state index in [1.54, 1.807) is 32.0 Å². The Morgan fingerprint density at radius 2 is 2.00 bits per heavy atom. The SMILES string of the molecule is CC(C)OC(=O)Nc1ccc(-c2c(C#N)c3ccc(OCCF)cc3n2C2CCC2)cc1. The van der Waals surface area contributed by atoms with E-state index in [-0.39, 0.29) is 12.7 Å². The van der Waals surface area contributed by atoms with Crippen LogP contribution in [0.4, 0.5) is 14.9 Å². The minimum Gasteiger partial charge on any atom is -0.491 e. The number of hydrogen-bond acceptors (Lipinski definition) is 4. The number of alkyl halides is 1. The number of nitrogens with zero attached hydrogens (tertiary/aromatic N) is 2. The predicted molar refractivity (Wildman–Crippen MR) is 122 cm³/mol. The summed E-state index contributed by atoms with van der Waals surface area (Å²) in [6, 6.07) is 15.6. The Hall–Kier alpha value is -3.53. The molecule has 1 heterocycles. The minimum absolute atomic E-state index is 0.00130. The smallest absolute Gasteiger partial charge is 0.411 e. The summed E-state index contributed by atoms with van der Waals surface area (Å²) in [5.41, 5.74) is 3.88. The molecule has 0 aliphatic heterocycles. The number of anilines is 1. The zero-order valence-electron chi connectivity index (χ0n) is 18.2. The average molecular weight is 435 g/mol. The molecule has 6 nitrogen and oxygen atoms in total. The lowest BCUT2D eigenvalue weighted by molar-refractivity contribution is 0.130. The monoisotopic (exact) mass is 435 g/mol. The van der Waals surface area contributed by atoms with Crippen molar-refractivity contribution in [3.63, 3.8) is 0 Å². The van der Waals surface area contributed by atoms with Crippen molar-refractivity contribution in [2.45, 2.75) is 45.3 Å². The minimum atomic E-state index is -0.554. The van der Waals surface area contributed by atoms with Gasteiger partial charge in [-0.2, -0.15) is 5.26 Å². The van der Waals surface area contributed by atoms with Crippen molar-refractivity contribution in [3.05, 3.63) is 48.0 Å². The molecule has 1 amide bonds. The predicted octanol–water partition coefficient (Wildman–Crippen LogP) is 6.21. The summed E-state index contributed by atoms with van der Waals surface area (Å²) in [6.45, 7) is 3.03. The molecule has 4 rings (SSSR count). The van der Waals surface area contributed by atoms with Crippen molar-refractivity contribution in [2.24, 2.45) is 0 Å². The van der Waals surface area contributed by atoms with Crippen LogP contribution in [-0.2, 0) is 4.74 Å². The molecule has 1 fully saturated rings. The molecular weight excluding hydrogens is 409 g/mol. The van der Waals surface area contributed by atoms with Gasteiger partial charge in [0, 0.05) is 23.2 Å². The van der Waals surface area contributed by atoms with Crippen LogP contribution in [0.25, 0.3) is 22.2 Å². The maximum absolute atomic E-state index is 12.6. The fourth-order valence-electron chi connectivity index (χ4n) is 4.03. The number of carbonyl (C=O) groups excluding carboxylic acids is 1. The normalized spacial score (nSPS) is 13.6. The van der Waals surface area contributed by atoms with E-state index in [9.17, 15) is 14.4 Å². The van der Waals surface area contributed by atoms with Crippen LogP contribution in [0, 0.1) is 11.3 Å².